The zero-order chi connectivity index (χ0) is 17.0. The largest absolute Gasteiger partial charge is 0.385 e. The van der Waals surface area contributed by atoms with Gasteiger partial charge in [0.1, 0.15) is 0 Å². The summed E-state index contributed by atoms with van der Waals surface area (Å²) in [4.78, 5) is 14.3. The number of nitrogens with one attached hydrogen (secondary N) is 2. The number of piperidine rings is 1. The number of amides is 2. The van der Waals surface area contributed by atoms with Gasteiger partial charge in [0.05, 0.1) is 0 Å². The number of ether oxygens (including phenoxy) is 1. The number of carbonyl (C=O) groups excluding carboxylic acids is 1. The van der Waals surface area contributed by atoms with Gasteiger partial charge >= 0.3 is 6.03 Å². The molecule has 1 aliphatic heterocycles. The van der Waals surface area contributed by atoms with E-state index >= 15 is 0 Å². The minimum absolute atomic E-state index is 0.0425. The van der Waals surface area contributed by atoms with Crippen LogP contribution in [0.3, 0.4) is 0 Å². The minimum atomic E-state index is -0.0425. The summed E-state index contributed by atoms with van der Waals surface area (Å²) in [6.45, 7) is 5.50. The lowest BCUT2D eigenvalue weighted by molar-refractivity contribution is 0.174. The molecule has 1 fully saturated rings. The summed E-state index contributed by atoms with van der Waals surface area (Å²) in [6.07, 6.45) is 4.25. The van der Waals surface area contributed by atoms with Crippen molar-refractivity contribution in [2.45, 2.75) is 32.2 Å². The fraction of sp³-hybridized carbons (Fsp3) is 0.632. The van der Waals surface area contributed by atoms with E-state index in [4.69, 9.17) is 4.74 Å². The van der Waals surface area contributed by atoms with E-state index in [0.29, 0.717) is 12.5 Å². The molecule has 1 aromatic rings. The number of likely N-dealkylation sites (tertiary alicyclic amines) is 1. The van der Waals surface area contributed by atoms with Crippen molar-refractivity contribution in [3.05, 3.63) is 35.9 Å². The van der Waals surface area contributed by atoms with E-state index in [1.54, 1.807) is 7.11 Å². The van der Waals surface area contributed by atoms with Crippen LogP contribution in [0.25, 0.3) is 0 Å². The summed E-state index contributed by atoms with van der Waals surface area (Å²) >= 11 is 0. The van der Waals surface area contributed by atoms with E-state index in [2.05, 4.69) is 45.9 Å². The molecule has 134 valence electrons. The summed E-state index contributed by atoms with van der Waals surface area (Å²) in [7, 11) is 1.70. The van der Waals surface area contributed by atoms with Gasteiger partial charge in [-0.3, -0.25) is 4.90 Å². The van der Waals surface area contributed by atoms with Gasteiger partial charge in [0.2, 0.25) is 0 Å². The molecule has 0 aliphatic carbocycles. The van der Waals surface area contributed by atoms with Crippen LogP contribution in [0.1, 0.15) is 31.2 Å². The first-order valence-electron chi connectivity index (χ1n) is 9.05. The Balaban J connectivity index is 1.54. The first kappa shape index (κ1) is 18.7. The van der Waals surface area contributed by atoms with Crippen LogP contribution in [0.5, 0.6) is 0 Å². The topological polar surface area (TPSA) is 53.6 Å². The molecule has 1 aliphatic rings. The van der Waals surface area contributed by atoms with Crippen LogP contribution < -0.4 is 10.6 Å². The Labute approximate surface area is 145 Å². The fourth-order valence-corrected chi connectivity index (χ4v) is 3.06. The number of hydrogen-bond donors (Lipinski definition) is 2. The van der Waals surface area contributed by atoms with Crippen LogP contribution in [-0.4, -0.2) is 50.8 Å². The Kier molecular flexibility index (Phi) is 8.63. The normalized spacial score (nSPS) is 16.0. The van der Waals surface area contributed by atoms with Gasteiger partial charge in [-0.2, -0.15) is 0 Å². The first-order valence-corrected chi connectivity index (χ1v) is 9.05. The van der Waals surface area contributed by atoms with Crippen LogP contribution >= 0.6 is 0 Å². The second-order valence-corrected chi connectivity index (χ2v) is 6.54. The average molecular weight is 333 g/mol. The van der Waals surface area contributed by atoms with Crippen molar-refractivity contribution in [3.8, 4) is 0 Å². The van der Waals surface area contributed by atoms with Gasteiger partial charge in [-0.05, 0) is 50.3 Å². The first-order chi connectivity index (χ1) is 11.8. The maximum absolute atomic E-state index is 11.8. The molecule has 0 bridgehead atoms. The van der Waals surface area contributed by atoms with E-state index in [1.165, 1.54) is 5.56 Å². The van der Waals surface area contributed by atoms with Gasteiger partial charge < -0.3 is 15.4 Å². The van der Waals surface area contributed by atoms with Crippen molar-refractivity contribution in [3.63, 3.8) is 0 Å². The van der Waals surface area contributed by atoms with E-state index < -0.39 is 0 Å². The number of carbonyl (C=O) groups is 1. The lowest BCUT2D eigenvalue weighted by Crippen LogP contribution is -2.42. The van der Waals surface area contributed by atoms with E-state index in [1.807, 2.05) is 0 Å². The number of rotatable bonds is 9. The number of unbranched alkanes of at least 4 members (excludes halogenated alkanes) is 1. The van der Waals surface area contributed by atoms with Crippen LogP contribution in [0.2, 0.25) is 0 Å². The zero-order valence-electron chi connectivity index (χ0n) is 14.8. The predicted molar refractivity (Wildman–Crippen MR) is 97.0 cm³/mol. The number of nitrogens with zero attached hydrogens (tertiary/aromatic N) is 1. The Bertz CT molecular complexity index is 459. The summed E-state index contributed by atoms with van der Waals surface area (Å²) in [5.41, 5.74) is 1.38. The van der Waals surface area contributed by atoms with E-state index in [-0.39, 0.29) is 6.03 Å². The van der Waals surface area contributed by atoms with Crippen LogP contribution in [-0.2, 0) is 11.3 Å². The van der Waals surface area contributed by atoms with Crippen molar-refractivity contribution >= 4 is 6.03 Å². The zero-order valence-corrected chi connectivity index (χ0v) is 14.8. The van der Waals surface area contributed by atoms with Crippen molar-refractivity contribution in [2.24, 2.45) is 5.92 Å². The van der Waals surface area contributed by atoms with Crippen LogP contribution in [0, 0.1) is 5.92 Å². The van der Waals surface area contributed by atoms with Gasteiger partial charge in [-0.25, -0.2) is 4.79 Å². The molecule has 0 unspecified atom stereocenters. The monoisotopic (exact) mass is 333 g/mol. The average Bonchev–Trinajstić information content (AvgIpc) is 2.62. The fourth-order valence-electron chi connectivity index (χ4n) is 3.06. The summed E-state index contributed by atoms with van der Waals surface area (Å²) in [6, 6.07) is 10.6. The highest BCUT2D eigenvalue weighted by Gasteiger charge is 2.19. The lowest BCUT2D eigenvalue weighted by Gasteiger charge is -2.32. The molecule has 0 aromatic heterocycles. The summed E-state index contributed by atoms with van der Waals surface area (Å²) in [5, 5.41) is 5.91. The van der Waals surface area contributed by atoms with Gasteiger partial charge in [0, 0.05) is 33.4 Å². The maximum Gasteiger partial charge on any atom is 0.314 e. The molecule has 1 saturated heterocycles. The molecule has 0 radical (unpaired) electrons. The van der Waals surface area contributed by atoms with Gasteiger partial charge in [0.25, 0.3) is 0 Å². The molecule has 0 atom stereocenters. The Morgan fingerprint density at radius 3 is 2.62 bits per heavy atom. The second kappa shape index (κ2) is 11.0. The van der Waals surface area contributed by atoms with E-state index in [9.17, 15) is 4.79 Å². The molecule has 5 nitrogen and oxygen atoms in total. The quantitative estimate of drug-likeness (QED) is 0.683. The number of hydrogen-bond acceptors (Lipinski definition) is 3. The number of methoxy groups -OCH3 is 1. The third kappa shape index (κ3) is 7.32. The molecule has 2 N–H and O–H groups in total. The minimum Gasteiger partial charge on any atom is -0.385 e. The molecular weight excluding hydrogens is 302 g/mol. The number of urea groups is 1. The highest BCUT2D eigenvalue weighted by Crippen LogP contribution is 2.18. The smallest absolute Gasteiger partial charge is 0.314 e. The molecule has 0 spiro atoms. The molecule has 24 heavy (non-hydrogen) atoms. The van der Waals surface area contributed by atoms with E-state index in [0.717, 1.165) is 58.5 Å². The van der Waals surface area contributed by atoms with Crippen LogP contribution in [0.4, 0.5) is 4.79 Å². The SMILES string of the molecule is COCCCCNC(=O)NCC1CCN(Cc2ccccc2)CC1. The third-order valence-electron chi connectivity index (χ3n) is 4.57. The molecule has 5 heteroatoms. The van der Waals surface area contributed by atoms with Gasteiger partial charge in [0.15, 0.2) is 0 Å². The summed E-state index contributed by atoms with van der Waals surface area (Å²) in [5.74, 6) is 0.594. The second-order valence-electron chi connectivity index (χ2n) is 6.54. The third-order valence-corrected chi connectivity index (χ3v) is 4.57. The lowest BCUT2D eigenvalue weighted by atomic mass is 9.96. The summed E-state index contributed by atoms with van der Waals surface area (Å²) < 4.78 is 4.99. The molecule has 1 aromatic carbocycles. The Morgan fingerprint density at radius 1 is 1.17 bits per heavy atom. The molecular formula is C19H31N3O2. The van der Waals surface area contributed by atoms with Crippen molar-refractivity contribution in [2.75, 3.05) is 39.9 Å². The van der Waals surface area contributed by atoms with Crippen molar-refractivity contribution in [1.29, 1.82) is 0 Å². The highest BCUT2D eigenvalue weighted by atomic mass is 16.5. The van der Waals surface area contributed by atoms with Crippen LogP contribution in [0.15, 0.2) is 30.3 Å². The van der Waals surface area contributed by atoms with Gasteiger partial charge in [-0.1, -0.05) is 30.3 Å². The molecule has 2 rings (SSSR count). The van der Waals surface area contributed by atoms with Crippen molar-refractivity contribution < 1.29 is 9.53 Å². The highest BCUT2D eigenvalue weighted by molar-refractivity contribution is 5.73. The molecule has 0 saturated carbocycles. The van der Waals surface area contributed by atoms with Gasteiger partial charge in [-0.15, -0.1) is 0 Å². The Morgan fingerprint density at radius 2 is 1.92 bits per heavy atom. The standard InChI is InChI=1S/C19H31N3O2/c1-24-14-6-5-11-20-19(23)21-15-17-9-12-22(13-10-17)16-18-7-3-2-4-8-18/h2-4,7-8,17H,5-6,9-16H2,1H3,(H2,20,21,23). The predicted octanol–water partition coefficient (Wildman–Crippen LogP) is 2.62. The molecule has 1 heterocycles. The van der Waals surface area contributed by atoms with Crippen molar-refractivity contribution in [1.82, 2.24) is 15.5 Å². The maximum atomic E-state index is 11.8. The number of benzene rings is 1. The molecule has 2 amide bonds. The Hall–Kier alpha value is -1.59.